The highest BCUT2D eigenvalue weighted by atomic mass is 15.1. The van der Waals surface area contributed by atoms with E-state index in [2.05, 4.69) is 32.8 Å². The molecule has 0 aliphatic heterocycles. The second-order valence-electron chi connectivity index (χ2n) is 6.71. The summed E-state index contributed by atoms with van der Waals surface area (Å²) >= 11 is 0. The van der Waals surface area contributed by atoms with E-state index >= 15 is 0 Å². The zero-order valence-corrected chi connectivity index (χ0v) is 13.3. The molecule has 0 bridgehead atoms. The van der Waals surface area contributed by atoms with Crippen molar-refractivity contribution in [3.63, 3.8) is 0 Å². The van der Waals surface area contributed by atoms with Crippen molar-refractivity contribution < 1.29 is 0 Å². The smallest absolute Gasteiger partial charge is 0.00893 e. The fourth-order valence-corrected chi connectivity index (χ4v) is 3.49. The summed E-state index contributed by atoms with van der Waals surface area (Å²) in [6.07, 6.45) is 14.5. The zero-order chi connectivity index (χ0) is 13.4. The van der Waals surface area contributed by atoms with Gasteiger partial charge in [0.25, 0.3) is 0 Å². The first kappa shape index (κ1) is 16.0. The molecule has 1 aliphatic rings. The van der Waals surface area contributed by atoms with Crippen LogP contribution < -0.4 is 0 Å². The van der Waals surface area contributed by atoms with Gasteiger partial charge in [-0.25, -0.2) is 0 Å². The van der Waals surface area contributed by atoms with E-state index in [9.17, 15) is 0 Å². The predicted molar refractivity (Wildman–Crippen MR) is 82.0 cm³/mol. The van der Waals surface area contributed by atoms with Gasteiger partial charge in [-0.1, -0.05) is 52.4 Å². The number of unbranched alkanes of at least 4 members (excludes halogenated alkanes) is 4. The average Bonchev–Trinajstić information content (AvgIpc) is 2.38. The van der Waals surface area contributed by atoms with Gasteiger partial charge in [0.15, 0.2) is 0 Å². The van der Waals surface area contributed by atoms with Crippen LogP contribution in [0.2, 0.25) is 0 Å². The highest BCUT2D eigenvalue weighted by Crippen LogP contribution is 2.33. The van der Waals surface area contributed by atoms with Crippen molar-refractivity contribution in [3.8, 4) is 0 Å². The van der Waals surface area contributed by atoms with Gasteiger partial charge in [0.1, 0.15) is 0 Å². The highest BCUT2D eigenvalue weighted by molar-refractivity contribution is 4.79. The maximum atomic E-state index is 2.50. The predicted octanol–water partition coefficient (Wildman–Crippen LogP) is 5.10. The third-order valence-corrected chi connectivity index (χ3v) is 5.04. The van der Waals surface area contributed by atoms with Crippen molar-refractivity contribution in [2.45, 2.75) is 84.1 Å². The lowest BCUT2D eigenvalue weighted by atomic mass is 9.77. The third kappa shape index (κ3) is 5.73. The molecule has 0 amide bonds. The molecule has 1 unspecified atom stereocenters. The summed E-state index contributed by atoms with van der Waals surface area (Å²) in [5.74, 6) is 1.99. The van der Waals surface area contributed by atoms with Crippen molar-refractivity contribution >= 4 is 0 Å². The first-order chi connectivity index (χ1) is 8.65. The standard InChI is InChI=1S/C17H35N/c1-5-6-7-8-9-10-15(2)16-11-13-17(14-12-16)18(3)4/h15-17H,5-14H2,1-4H3. The first-order valence-corrected chi connectivity index (χ1v) is 8.31. The van der Waals surface area contributed by atoms with E-state index in [0.29, 0.717) is 0 Å². The topological polar surface area (TPSA) is 3.24 Å². The molecule has 0 spiro atoms. The lowest BCUT2D eigenvalue weighted by Gasteiger charge is -2.35. The molecule has 1 heteroatoms. The van der Waals surface area contributed by atoms with Crippen molar-refractivity contribution in [1.82, 2.24) is 4.90 Å². The molecule has 0 N–H and O–H groups in total. The van der Waals surface area contributed by atoms with Crippen LogP contribution in [0.4, 0.5) is 0 Å². The fourth-order valence-electron chi connectivity index (χ4n) is 3.49. The van der Waals surface area contributed by atoms with E-state index in [4.69, 9.17) is 0 Å². The maximum Gasteiger partial charge on any atom is 0.00893 e. The minimum absolute atomic E-state index is 0.859. The molecule has 108 valence electrons. The van der Waals surface area contributed by atoms with Crippen LogP contribution in [0.5, 0.6) is 0 Å². The van der Waals surface area contributed by atoms with E-state index in [-0.39, 0.29) is 0 Å². The van der Waals surface area contributed by atoms with Crippen molar-refractivity contribution in [3.05, 3.63) is 0 Å². The van der Waals surface area contributed by atoms with E-state index in [1.165, 1.54) is 64.2 Å². The SMILES string of the molecule is CCCCCCCC(C)C1CCC(N(C)C)CC1. The highest BCUT2D eigenvalue weighted by Gasteiger charge is 2.25. The second kappa shape index (κ2) is 8.96. The lowest BCUT2D eigenvalue weighted by Crippen LogP contribution is -2.33. The summed E-state index contributed by atoms with van der Waals surface area (Å²) in [6, 6.07) is 0.859. The maximum absolute atomic E-state index is 2.50. The Kier molecular flexibility index (Phi) is 7.97. The van der Waals surface area contributed by atoms with Crippen LogP contribution in [0.15, 0.2) is 0 Å². The van der Waals surface area contributed by atoms with Gasteiger partial charge in [-0.15, -0.1) is 0 Å². The molecular weight excluding hydrogens is 218 g/mol. The summed E-state index contributed by atoms with van der Waals surface area (Å²) in [6.45, 7) is 4.80. The van der Waals surface area contributed by atoms with Gasteiger partial charge in [-0.3, -0.25) is 0 Å². The van der Waals surface area contributed by atoms with Gasteiger partial charge in [0.2, 0.25) is 0 Å². The van der Waals surface area contributed by atoms with E-state index in [0.717, 1.165) is 17.9 Å². The molecule has 0 aromatic rings. The molecule has 1 rings (SSSR count). The van der Waals surface area contributed by atoms with E-state index in [1.54, 1.807) is 0 Å². The van der Waals surface area contributed by atoms with Crippen LogP contribution in [0.25, 0.3) is 0 Å². The molecule has 18 heavy (non-hydrogen) atoms. The quantitative estimate of drug-likeness (QED) is 0.544. The largest absolute Gasteiger partial charge is 0.306 e. The minimum atomic E-state index is 0.859. The Morgan fingerprint density at radius 1 is 0.944 bits per heavy atom. The number of hydrogen-bond donors (Lipinski definition) is 0. The third-order valence-electron chi connectivity index (χ3n) is 5.04. The average molecular weight is 253 g/mol. The fraction of sp³-hybridized carbons (Fsp3) is 1.00. The molecule has 1 nitrogen and oxygen atoms in total. The zero-order valence-electron chi connectivity index (χ0n) is 13.3. The summed E-state index contributed by atoms with van der Waals surface area (Å²) in [4.78, 5) is 2.42. The van der Waals surface area contributed by atoms with Crippen molar-refractivity contribution in [2.75, 3.05) is 14.1 Å². The Morgan fingerprint density at radius 3 is 2.11 bits per heavy atom. The summed E-state index contributed by atoms with van der Waals surface area (Å²) in [5, 5.41) is 0. The molecule has 1 aliphatic carbocycles. The van der Waals surface area contributed by atoms with E-state index < -0.39 is 0 Å². The molecular formula is C17H35N. The van der Waals surface area contributed by atoms with Crippen LogP contribution in [-0.2, 0) is 0 Å². The molecule has 0 radical (unpaired) electrons. The molecule has 1 atom stereocenters. The van der Waals surface area contributed by atoms with Gasteiger partial charge in [0, 0.05) is 6.04 Å². The number of hydrogen-bond acceptors (Lipinski definition) is 1. The van der Waals surface area contributed by atoms with Crippen LogP contribution >= 0.6 is 0 Å². The monoisotopic (exact) mass is 253 g/mol. The van der Waals surface area contributed by atoms with Gasteiger partial charge >= 0.3 is 0 Å². The normalized spacial score (nSPS) is 26.5. The second-order valence-corrected chi connectivity index (χ2v) is 6.71. The Balaban J connectivity index is 2.10. The molecule has 1 fully saturated rings. The van der Waals surface area contributed by atoms with Crippen molar-refractivity contribution in [1.29, 1.82) is 0 Å². The number of rotatable bonds is 8. The molecule has 0 aromatic heterocycles. The lowest BCUT2D eigenvalue weighted by molar-refractivity contribution is 0.159. The Morgan fingerprint density at radius 2 is 1.56 bits per heavy atom. The first-order valence-electron chi connectivity index (χ1n) is 8.31. The van der Waals surface area contributed by atoms with Gasteiger partial charge in [-0.05, 0) is 51.6 Å². The summed E-state index contributed by atoms with van der Waals surface area (Å²) < 4.78 is 0. The van der Waals surface area contributed by atoms with Crippen LogP contribution in [0, 0.1) is 11.8 Å². The minimum Gasteiger partial charge on any atom is -0.306 e. The molecule has 0 heterocycles. The molecule has 0 aromatic carbocycles. The molecule has 0 saturated heterocycles. The van der Waals surface area contributed by atoms with Crippen LogP contribution in [0.3, 0.4) is 0 Å². The molecule has 1 saturated carbocycles. The van der Waals surface area contributed by atoms with Gasteiger partial charge < -0.3 is 4.90 Å². The Hall–Kier alpha value is -0.0400. The van der Waals surface area contributed by atoms with Crippen LogP contribution in [-0.4, -0.2) is 25.0 Å². The van der Waals surface area contributed by atoms with Gasteiger partial charge in [0.05, 0.1) is 0 Å². The van der Waals surface area contributed by atoms with Gasteiger partial charge in [-0.2, -0.15) is 0 Å². The Bertz CT molecular complexity index is 192. The van der Waals surface area contributed by atoms with Crippen LogP contribution in [0.1, 0.15) is 78.1 Å². The van der Waals surface area contributed by atoms with E-state index in [1.807, 2.05) is 0 Å². The summed E-state index contributed by atoms with van der Waals surface area (Å²) in [7, 11) is 4.48. The Labute approximate surface area is 115 Å². The number of nitrogens with zero attached hydrogens (tertiary/aromatic N) is 1. The summed E-state index contributed by atoms with van der Waals surface area (Å²) in [5.41, 5.74) is 0. The van der Waals surface area contributed by atoms with Crippen molar-refractivity contribution in [2.24, 2.45) is 11.8 Å².